The number of hydrogen-bond donors (Lipinski definition) is 2. The van der Waals surface area contributed by atoms with Crippen LogP contribution in [0.5, 0.6) is 17.2 Å². The van der Waals surface area contributed by atoms with Gasteiger partial charge in [0.15, 0.2) is 22.4 Å². The van der Waals surface area contributed by atoms with Crippen molar-refractivity contribution < 1.29 is 24.1 Å². The number of hydrogen-bond acceptors (Lipinski definition) is 7. The number of H-pyrrole nitrogens is 1. The number of methoxy groups -OCH3 is 1. The second-order valence-corrected chi connectivity index (χ2v) is 7.36. The van der Waals surface area contributed by atoms with Gasteiger partial charge in [0.1, 0.15) is 12.4 Å². The highest BCUT2D eigenvalue weighted by Crippen LogP contribution is 2.29. The molecule has 0 amide bonds. The Morgan fingerprint density at radius 1 is 1.21 bits per heavy atom. The van der Waals surface area contributed by atoms with Gasteiger partial charge in [0.25, 0.3) is 0 Å². The molecule has 0 fully saturated rings. The molecule has 0 saturated heterocycles. The Kier molecular flexibility index (Phi) is 7.00. The van der Waals surface area contributed by atoms with Crippen LogP contribution in [0.2, 0.25) is 0 Å². The Hall–Kier alpha value is -2.71. The van der Waals surface area contributed by atoms with Crippen molar-refractivity contribution in [3.05, 3.63) is 42.0 Å². The molecule has 1 unspecified atom stereocenters. The quantitative estimate of drug-likeness (QED) is 0.384. The molecule has 0 radical (unpaired) electrons. The third kappa shape index (κ3) is 5.42. The lowest BCUT2D eigenvalue weighted by molar-refractivity contribution is 0.101. The maximum atomic E-state index is 11.5. The van der Waals surface area contributed by atoms with Gasteiger partial charge in [-0.25, -0.2) is 4.98 Å². The van der Waals surface area contributed by atoms with E-state index in [1.807, 2.05) is 25.1 Å². The third-order valence-corrected chi connectivity index (χ3v) is 5.17. The number of aromatic amines is 1. The predicted octanol–water partition coefficient (Wildman–Crippen LogP) is 3.70. The molecular formula is C21H24N2O5S. The van der Waals surface area contributed by atoms with E-state index in [0.717, 1.165) is 21.9 Å². The number of imidazole rings is 1. The first-order valence-electron chi connectivity index (χ1n) is 9.25. The molecule has 0 aliphatic rings. The first-order chi connectivity index (χ1) is 14.0. The summed E-state index contributed by atoms with van der Waals surface area (Å²) in [6, 6.07) is 10.7. The molecule has 29 heavy (non-hydrogen) atoms. The summed E-state index contributed by atoms with van der Waals surface area (Å²) in [6.45, 7) is 4.13. The number of aromatic nitrogens is 2. The first-order valence-corrected chi connectivity index (χ1v) is 10.2. The summed E-state index contributed by atoms with van der Waals surface area (Å²) in [5.41, 5.74) is 2.28. The van der Waals surface area contributed by atoms with Crippen molar-refractivity contribution in [2.45, 2.75) is 25.1 Å². The number of carbonyl (C=O) groups excluding carboxylic acids is 1. The number of aliphatic hydroxyl groups is 1. The molecule has 1 atom stereocenters. The van der Waals surface area contributed by atoms with Gasteiger partial charge in [0.05, 0.1) is 30.9 Å². The van der Waals surface area contributed by atoms with Gasteiger partial charge in [-0.3, -0.25) is 4.79 Å². The van der Waals surface area contributed by atoms with E-state index in [4.69, 9.17) is 14.2 Å². The molecule has 2 aromatic carbocycles. The number of nitrogens with zero attached hydrogens (tertiary/aromatic N) is 1. The van der Waals surface area contributed by atoms with Gasteiger partial charge >= 0.3 is 0 Å². The summed E-state index contributed by atoms with van der Waals surface area (Å²) in [7, 11) is 1.51. The molecule has 7 nitrogen and oxygen atoms in total. The Morgan fingerprint density at radius 3 is 2.76 bits per heavy atom. The lowest BCUT2D eigenvalue weighted by atomic mass is 10.1. The number of benzene rings is 2. The number of ketones is 1. The molecule has 8 heteroatoms. The van der Waals surface area contributed by atoms with E-state index >= 15 is 0 Å². The number of thioether (sulfide) groups is 1. The molecular weight excluding hydrogens is 392 g/mol. The maximum Gasteiger partial charge on any atom is 0.166 e. The summed E-state index contributed by atoms with van der Waals surface area (Å²) >= 11 is 1.41. The number of aliphatic hydroxyl groups excluding tert-OH is 1. The number of rotatable bonds is 10. The van der Waals surface area contributed by atoms with Gasteiger partial charge in [-0.1, -0.05) is 11.8 Å². The minimum atomic E-state index is -0.704. The van der Waals surface area contributed by atoms with Crippen LogP contribution in [0.15, 0.2) is 41.6 Å². The number of ether oxygens (including phenoxy) is 3. The van der Waals surface area contributed by atoms with Gasteiger partial charge in [-0.15, -0.1) is 0 Å². The lowest BCUT2D eigenvalue weighted by Crippen LogP contribution is -2.20. The van der Waals surface area contributed by atoms with Crippen LogP contribution in [-0.4, -0.2) is 53.0 Å². The summed E-state index contributed by atoms with van der Waals surface area (Å²) in [4.78, 5) is 19.2. The van der Waals surface area contributed by atoms with E-state index in [1.165, 1.54) is 25.8 Å². The topological polar surface area (TPSA) is 93.7 Å². The molecule has 1 heterocycles. The maximum absolute atomic E-state index is 11.5. The molecule has 0 saturated carbocycles. The van der Waals surface area contributed by atoms with Crippen molar-refractivity contribution in [3.8, 4) is 17.2 Å². The fraction of sp³-hybridized carbons (Fsp3) is 0.333. The van der Waals surface area contributed by atoms with E-state index < -0.39 is 6.10 Å². The lowest BCUT2D eigenvalue weighted by Gasteiger charge is -2.14. The van der Waals surface area contributed by atoms with Crippen LogP contribution in [0, 0.1) is 0 Å². The Bertz CT molecular complexity index is 988. The van der Waals surface area contributed by atoms with Crippen LogP contribution >= 0.6 is 11.8 Å². The normalized spacial score (nSPS) is 12.0. The van der Waals surface area contributed by atoms with Crippen molar-refractivity contribution in [2.24, 2.45) is 0 Å². The fourth-order valence-corrected chi connectivity index (χ4v) is 3.50. The highest BCUT2D eigenvalue weighted by molar-refractivity contribution is 7.99. The van der Waals surface area contributed by atoms with E-state index in [9.17, 15) is 9.90 Å². The SMILES string of the molecule is CCOc1ccc2nc(SCC(O)COc3ccc(C(C)=O)cc3OC)[nH]c2c1. The molecule has 0 spiro atoms. The second-order valence-electron chi connectivity index (χ2n) is 6.35. The van der Waals surface area contributed by atoms with Crippen molar-refractivity contribution in [1.82, 2.24) is 9.97 Å². The molecule has 3 aromatic rings. The average molecular weight is 416 g/mol. The van der Waals surface area contributed by atoms with Crippen LogP contribution in [0.4, 0.5) is 0 Å². The molecule has 2 N–H and O–H groups in total. The highest BCUT2D eigenvalue weighted by Gasteiger charge is 2.13. The predicted molar refractivity (Wildman–Crippen MR) is 112 cm³/mol. The number of carbonyl (C=O) groups is 1. The molecule has 0 aliphatic heterocycles. The van der Waals surface area contributed by atoms with Crippen molar-refractivity contribution in [3.63, 3.8) is 0 Å². The largest absolute Gasteiger partial charge is 0.494 e. The van der Waals surface area contributed by atoms with Crippen LogP contribution in [0.1, 0.15) is 24.2 Å². The van der Waals surface area contributed by atoms with Crippen LogP contribution in [0.3, 0.4) is 0 Å². The number of fused-ring (bicyclic) bond motifs is 1. The minimum absolute atomic E-state index is 0.0505. The third-order valence-electron chi connectivity index (χ3n) is 4.16. The van der Waals surface area contributed by atoms with E-state index in [1.54, 1.807) is 18.2 Å². The zero-order valence-corrected chi connectivity index (χ0v) is 17.4. The van der Waals surface area contributed by atoms with Crippen molar-refractivity contribution in [2.75, 3.05) is 26.1 Å². The van der Waals surface area contributed by atoms with Gasteiger partial charge < -0.3 is 24.3 Å². The number of Topliss-reactive ketones (excluding diaryl/α,β-unsaturated/α-hetero) is 1. The molecule has 0 aliphatic carbocycles. The van der Waals surface area contributed by atoms with Crippen LogP contribution in [0.25, 0.3) is 11.0 Å². The van der Waals surface area contributed by atoms with Gasteiger partial charge in [0.2, 0.25) is 0 Å². The Balaban J connectivity index is 1.55. The molecule has 154 valence electrons. The molecule has 3 rings (SSSR count). The zero-order chi connectivity index (χ0) is 20.8. The molecule has 0 bridgehead atoms. The minimum Gasteiger partial charge on any atom is -0.494 e. The van der Waals surface area contributed by atoms with Gasteiger partial charge in [-0.05, 0) is 44.2 Å². The van der Waals surface area contributed by atoms with Crippen LogP contribution in [-0.2, 0) is 0 Å². The monoisotopic (exact) mass is 416 g/mol. The Morgan fingerprint density at radius 2 is 2.03 bits per heavy atom. The van der Waals surface area contributed by atoms with E-state index in [0.29, 0.717) is 29.4 Å². The first kappa shape index (κ1) is 21.0. The van der Waals surface area contributed by atoms with Gasteiger partial charge in [0, 0.05) is 17.4 Å². The van der Waals surface area contributed by atoms with Crippen LogP contribution < -0.4 is 14.2 Å². The standard InChI is InChI=1S/C21H24N2O5S/c1-4-27-16-6-7-17-18(10-16)23-21(22-17)29-12-15(25)11-28-19-8-5-14(13(2)24)9-20(19)26-3/h5-10,15,25H,4,11-12H2,1-3H3,(H,22,23). The second kappa shape index (κ2) is 9.67. The Labute approximate surface area is 173 Å². The average Bonchev–Trinajstić information content (AvgIpc) is 3.13. The van der Waals surface area contributed by atoms with Crippen molar-refractivity contribution >= 4 is 28.6 Å². The summed E-state index contributed by atoms with van der Waals surface area (Å²) in [5.74, 6) is 2.09. The summed E-state index contributed by atoms with van der Waals surface area (Å²) in [5, 5.41) is 11.0. The summed E-state index contributed by atoms with van der Waals surface area (Å²) < 4.78 is 16.4. The van der Waals surface area contributed by atoms with E-state index in [2.05, 4.69) is 9.97 Å². The smallest absolute Gasteiger partial charge is 0.166 e. The van der Waals surface area contributed by atoms with Crippen molar-refractivity contribution in [1.29, 1.82) is 0 Å². The van der Waals surface area contributed by atoms with E-state index in [-0.39, 0.29) is 12.4 Å². The summed E-state index contributed by atoms with van der Waals surface area (Å²) in [6.07, 6.45) is -0.704. The highest BCUT2D eigenvalue weighted by atomic mass is 32.2. The molecule has 1 aromatic heterocycles. The fourth-order valence-electron chi connectivity index (χ4n) is 2.71. The van der Waals surface area contributed by atoms with Gasteiger partial charge in [-0.2, -0.15) is 0 Å². The number of nitrogens with one attached hydrogen (secondary N) is 1. The zero-order valence-electron chi connectivity index (χ0n) is 16.6.